The van der Waals surface area contributed by atoms with Crippen molar-refractivity contribution in [2.24, 2.45) is 0 Å². The van der Waals surface area contributed by atoms with E-state index in [1.165, 1.54) is 0 Å². The van der Waals surface area contributed by atoms with Crippen molar-refractivity contribution in [3.63, 3.8) is 0 Å². The van der Waals surface area contributed by atoms with E-state index in [9.17, 15) is 14.4 Å². The lowest BCUT2D eigenvalue weighted by molar-refractivity contribution is -0.152. The Morgan fingerprint density at radius 1 is 1.10 bits per heavy atom. The lowest BCUT2D eigenvalue weighted by Crippen LogP contribution is -2.16. The number of carboxylic acid groups (broad SMARTS) is 2. The van der Waals surface area contributed by atoms with Crippen molar-refractivity contribution in [1.82, 2.24) is 0 Å². The van der Waals surface area contributed by atoms with Gasteiger partial charge in [0.2, 0.25) is 0 Å². The molecule has 0 unspecified atom stereocenters. The molecular formula is C4H6O5S. The molecule has 0 bridgehead atoms. The molecule has 0 aromatic carbocycles. The number of Topliss-reactive ketones (excluding diaryl/α,β-unsaturated/α-hetero) is 1. The molecule has 0 atom stereocenters. The summed E-state index contributed by atoms with van der Waals surface area (Å²) in [5.74, 6) is -4.44. The third-order valence-electron chi connectivity index (χ3n) is 0.550. The predicted octanol–water partition coefficient (Wildman–Crippen LogP) is -0.772. The Morgan fingerprint density at radius 3 is 1.60 bits per heavy atom. The molecule has 0 aliphatic rings. The van der Waals surface area contributed by atoms with Crippen molar-refractivity contribution >= 4 is 31.2 Å². The van der Waals surface area contributed by atoms with Crippen LogP contribution in [0.5, 0.6) is 0 Å². The van der Waals surface area contributed by atoms with Gasteiger partial charge in [-0.2, -0.15) is 13.5 Å². The van der Waals surface area contributed by atoms with Gasteiger partial charge in [0.25, 0.3) is 5.78 Å². The number of aliphatic carboxylic acids is 2. The number of carbonyl (C=O) groups excluding carboxylic acids is 1. The number of hydrogen-bond donors (Lipinski definition) is 2. The number of carboxylic acids is 2. The van der Waals surface area contributed by atoms with E-state index in [-0.39, 0.29) is 13.5 Å². The Hall–Kier alpha value is -1.04. The second kappa shape index (κ2) is 4.80. The van der Waals surface area contributed by atoms with Crippen molar-refractivity contribution in [3.05, 3.63) is 0 Å². The van der Waals surface area contributed by atoms with Crippen LogP contribution in [0.1, 0.15) is 6.42 Å². The lowest BCUT2D eigenvalue weighted by atomic mass is 10.3. The topological polar surface area (TPSA) is 91.7 Å². The summed E-state index contributed by atoms with van der Waals surface area (Å²) in [5.41, 5.74) is 0. The first-order valence-electron chi connectivity index (χ1n) is 2.02. The van der Waals surface area contributed by atoms with Crippen molar-refractivity contribution < 1.29 is 24.6 Å². The van der Waals surface area contributed by atoms with E-state index in [4.69, 9.17) is 10.2 Å². The van der Waals surface area contributed by atoms with Crippen molar-refractivity contribution in [1.29, 1.82) is 0 Å². The van der Waals surface area contributed by atoms with Gasteiger partial charge in [0.15, 0.2) is 0 Å². The van der Waals surface area contributed by atoms with Gasteiger partial charge in [0, 0.05) is 0 Å². The average molecular weight is 166 g/mol. The van der Waals surface area contributed by atoms with Gasteiger partial charge in [-0.15, -0.1) is 0 Å². The quantitative estimate of drug-likeness (QED) is 0.424. The van der Waals surface area contributed by atoms with Gasteiger partial charge >= 0.3 is 11.9 Å². The monoisotopic (exact) mass is 166 g/mol. The minimum atomic E-state index is -1.71. The van der Waals surface area contributed by atoms with Gasteiger partial charge in [0.05, 0.1) is 0 Å². The number of ketones is 1. The SMILES string of the molecule is O=C(O)CC(=O)C(=O)O.S. The highest BCUT2D eigenvalue weighted by Gasteiger charge is 2.14. The van der Waals surface area contributed by atoms with E-state index in [0.717, 1.165) is 0 Å². The zero-order chi connectivity index (χ0) is 7.44. The first-order chi connectivity index (χ1) is 4.04. The van der Waals surface area contributed by atoms with E-state index in [0.29, 0.717) is 0 Å². The highest BCUT2D eigenvalue weighted by Crippen LogP contribution is 1.81. The van der Waals surface area contributed by atoms with E-state index in [2.05, 4.69) is 0 Å². The molecular weight excluding hydrogens is 160 g/mol. The third-order valence-corrected chi connectivity index (χ3v) is 0.550. The average Bonchev–Trinajstić information content (AvgIpc) is 1.63. The van der Waals surface area contributed by atoms with Crippen LogP contribution in [0.4, 0.5) is 0 Å². The van der Waals surface area contributed by atoms with Crippen LogP contribution >= 0.6 is 13.5 Å². The highest BCUT2D eigenvalue weighted by molar-refractivity contribution is 7.59. The summed E-state index contributed by atoms with van der Waals surface area (Å²) < 4.78 is 0. The van der Waals surface area contributed by atoms with Crippen molar-refractivity contribution in [2.75, 3.05) is 0 Å². The maximum atomic E-state index is 9.97. The molecule has 0 rings (SSSR count). The largest absolute Gasteiger partial charge is 0.481 e. The van der Waals surface area contributed by atoms with Crippen LogP contribution in [0.15, 0.2) is 0 Å². The van der Waals surface area contributed by atoms with Crippen molar-refractivity contribution in [3.8, 4) is 0 Å². The highest BCUT2D eigenvalue weighted by atomic mass is 32.1. The number of rotatable bonds is 3. The summed E-state index contributed by atoms with van der Waals surface area (Å²) in [6.45, 7) is 0. The van der Waals surface area contributed by atoms with E-state index >= 15 is 0 Å². The van der Waals surface area contributed by atoms with Crippen molar-refractivity contribution in [2.45, 2.75) is 6.42 Å². The molecule has 0 aromatic rings. The van der Waals surface area contributed by atoms with Crippen LogP contribution in [-0.2, 0) is 14.4 Å². The summed E-state index contributed by atoms with van der Waals surface area (Å²) in [5, 5.41) is 15.7. The fourth-order valence-electron chi connectivity index (χ4n) is 0.213. The van der Waals surface area contributed by atoms with Gasteiger partial charge in [-0.1, -0.05) is 0 Å². The standard InChI is InChI=1S/C4H4O5.H2S/c5-2(4(8)9)1-3(6)7;/h1H2,(H,6,7)(H,8,9);1H2. The Kier molecular flexibility index (Phi) is 5.63. The van der Waals surface area contributed by atoms with Gasteiger partial charge in [-0.25, -0.2) is 4.79 Å². The van der Waals surface area contributed by atoms with E-state index in [1.807, 2.05) is 0 Å². The first-order valence-corrected chi connectivity index (χ1v) is 2.02. The van der Waals surface area contributed by atoms with Crippen LogP contribution < -0.4 is 0 Å². The molecule has 0 saturated carbocycles. The molecule has 6 heteroatoms. The summed E-state index contributed by atoms with van der Waals surface area (Å²) in [4.78, 5) is 29.2. The molecule has 0 radical (unpaired) electrons. The first kappa shape index (κ1) is 11.7. The van der Waals surface area contributed by atoms with Crippen LogP contribution in [0.3, 0.4) is 0 Å². The zero-order valence-electron chi connectivity index (χ0n) is 4.83. The van der Waals surface area contributed by atoms with Gasteiger partial charge in [0.1, 0.15) is 6.42 Å². The molecule has 2 N–H and O–H groups in total. The Morgan fingerprint density at radius 2 is 1.50 bits per heavy atom. The molecule has 0 fully saturated rings. The molecule has 0 aromatic heterocycles. The lowest BCUT2D eigenvalue weighted by Gasteiger charge is -1.85. The Balaban J connectivity index is 0. The Labute approximate surface area is 63.1 Å². The van der Waals surface area contributed by atoms with Gasteiger partial charge in [-0.05, 0) is 0 Å². The maximum absolute atomic E-state index is 9.97. The molecule has 58 valence electrons. The summed E-state index contributed by atoms with van der Waals surface area (Å²) in [7, 11) is 0. The van der Waals surface area contributed by atoms with Crippen LogP contribution in [0, 0.1) is 0 Å². The summed E-state index contributed by atoms with van der Waals surface area (Å²) >= 11 is 0. The molecule has 0 spiro atoms. The normalized spacial score (nSPS) is 7.60. The predicted molar refractivity (Wildman–Crippen MR) is 35.3 cm³/mol. The van der Waals surface area contributed by atoms with Gasteiger partial charge in [-0.3, -0.25) is 9.59 Å². The van der Waals surface area contributed by atoms with Crippen LogP contribution in [-0.4, -0.2) is 27.9 Å². The fraction of sp³-hybridized carbons (Fsp3) is 0.250. The second-order valence-corrected chi connectivity index (χ2v) is 1.30. The summed E-state index contributed by atoms with van der Waals surface area (Å²) in [6, 6.07) is 0. The fourth-order valence-corrected chi connectivity index (χ4v) is 0.213. The minimum absolute atomic E-state index is 0. The minimum Gasteiger partial charge on any atom is -0.481 e. The molecule has 0 saturated heterocycles. The smallest absolute Gasteiger partial charge is 0.372 e. The molecule has 0 heterocycles. The van der Waals surface area contributed by atoms with Gasteiger partial charge < -0.3 is 10.2 Å². The molecule has 0 aliphatic carbocycles. The van der Waals surface area contributed by atoms with E-state index in [1.54, 1.807) is 0 Å². The number of carbonyl (C=O) groups is 3. The zero-order valence-corrected chi connectivity index (χ0v) is 5.83. The summed E-state index contributed by atoms with van der Waals surface area (Å²) in [6.07, 6.45) is -0.949. The second-order valence-electron chi connectivity index (χ2n) is 1.30. The Bertz CT molecular complexity index is 163. The van der Waals surface area contributed by atoms with Crippen LogP contribution in [0.2, 0.25) is 0 Å². The van der Waals surface area contributed by atoms with E-state index < -0.39 is 24.1 Å². The van der Waals surface area contributed by atoms with Crippen LogP contribution in [0.25, 0.3) is 0 Å². The molecule has 0 amide bonds. The molecule has 10 heavy (non-hydrogen) atoms. The molecule has 0 aliphatic heterocycles. The third kappa shape index (κ3) is 5.10. The number of hydrogen-bond acceptors (Lipinski definition) is 3. The maximum Gasteiger partial charge on any atom is 0.372 e. The molecule has 5 nitrogen and oxygen atoms in total.